The Morgan fingerprint density at radius 1 is 1.35 bits per heavy atom. The van der Waals surface area contributed by atoms with Crippen molar-refractivity contribution in [3.8, 4) is 17.6 Å². The van der Waals surface area contributed by atoms with E-state index in [4.69, 9.17) is 21.1 Å². The molecule has 4 nitrogen and oxygen atoms in total. The van der Waals surface area contributed by atoms with Gasteiger partial charge in [-0.05, 0) is 18.2 Å². The lowest BCUT2D eigenvalue weighted by Crippen LogP contribution is -1.95. The number of halogens is 2. The maximum atomic E-state index is 5.93. The van der Waals surface area contributed by atoms with Crippen LogP contribution < -0.4 is 9.47 Å². The van der Waals surface area contributed by atoms with Gasteiger partial charge < -0.3 is 9.47 Å². The minimum atomic E-state index is 0.208. The van der Waals surface area contributed by atoms with Gasteiger partial charge >= 0.3 is 6.01 Å². The van der Waals surface area contributed by atoms with Gasteiger partial charge in [0.2, 0.25) is 5.88 Å². The Bertz CT molecular complexity index is 537. The molecular formula is C11H8BrClN2O2. The van der Waals surface area contributed by atoms with Gasteiger partial charge in [-0.15, -0.1) is 0 Å². The molecule has 0 bridgehead atoms. The minimum absolute atomic E-state index is 0.208. The van der Waals surface area contributed by atoms with Crippen LogP contribution in [0.2, 0.25) is 5.02 Å². The Hall–Kier alpha value is -1.33. The fourth-order valence-electron chi connectivity index (χ4n) is 1.15. The first-order valence-electron chi connectivity index (χ1n) is 4.69. The van der Waals surface area contributed by atoms with Gasteiger partial charge in [0, 0.05) is 4.47 Å². The van der Waals surface area contributed by atoms with E-state index in [-0.39, 0.29) is 11.9 Å². The second-order valence-electron chi connectivity index (χ2n) is 3.07. The molecule has 0 spiro atoms. The van der Waals surface area contributed by atoms with Crippen LogP contribution in [-0.2, 0) is 0 Å². The van der Waals surface area contributed by atoms with Crippen LogP contribution in [0.3, 0.4) is 0 Å². The molecule has 0 amide bonds. The zero-order valence-electron chi connectivity index (χ0n) is 8.85. The van der Waals surface area contributed by atoms with Crippen molar-refractivity contribution in [1.29, 1.82) is 0 Å². The summed E-state index contributed by atoms with van der Waals surface area (Å²) in [6, 6.07) is 7.57. The third kappa shape index (κ3) is 3.08. The van der Waals surface area contributed by atoms with Gasteiger partial charge in [-0.3, -0.25) is 0 Å². The van der Waals surface area contributed by atoms with Crippen molar-refractivity contribution in [3.05, 3.63) is 40.0 Å². The molecule has 1 heterocycles. The number of aromatic nitrogens is 2. The second-order valence-corrected chi connectivity index (χ2v) is 4.39. The Balaban J connectivity index is 2.29. The molecule has 0 radical (unpaired) electrons. The standard InChI is InChI=1S/C11H8BrClN2O2/c1-16-11-14-6-9(13)10(15-11)17-8-4-2-3-7(12)5-8/h2-6H,1H3. The van der Waals surface area contributed by atoms with E-state index in [9.17, 15) is 0 Å². The highest BCUT2D eigenvalue weighted by molar-refractivity contribution is 9.10. The van der Waals surface area contributed by atoms with E-state index in [2.05, 4.69) is 25.9 Å². The molecule has 6 heteroatoms. The molecule has 17 heavy (non-hydrogen) atoms. The van der Waals surface area contributed by atoms with Crippen molar-refractivity contribution >= 4 is 27.5 Å². The summed E-state index contributed by atoms with van der Waals surface area (Å²) in [5, 5.41) is 0.325. The molecule has 1 aromatic heterocycles. The molecular weight excluding hydrogens is 307 g/mol. The van der Waals surface area contributed by atoms with Crippen molar-refractivity contribution in [3.63, 3.8) is 0 Å². The highest BCUT2D eigenvalue weighted by atomic mass is 79.9. The Morgan fingerprint density at radius 3 is 2.88 bits per heavy atom. The summed E-state index contributed by atoms with van der Waals surface area (Å²) in [7, 11) is 1.48. The molecule has 1 aromatic carbocycles. The van der Waals surface area contributed by atoms with Crippen LogP contribution in [-0.4, -0.2) is 17.1 Å². The average molecular weight is 316 g/mol. The first kappa shape index (κ1) is 12.1. The van der Waals surface area contributed by atoms with Crippen molar-refractivity contribution in [2.75, 3.05) is 7.11 Å². The average Bonchev–Trinajstić information content (AvgIpc) is 2.32. The summed E-state index contributed by atoms with van der Waals surface area (Å²) in [6.45, 7) is 0. The normalized spacial score (nSPS) is 10.1. The summed E-state index contributed by atoms with van der Waals surface area (Å²) >= 11 is 9.28. The summed E-state index contributed by atoms with van der Waals surface area (Å²) in [4.78, 5) is 7.87. The highest BCUT2D eigenvalue weighted by Crippen LogP contribution is 2.29. The monoisotopic (exact) mass is 314 g/mol. The van der Waals surface area contributed by atoms with E-state index >= 15 is 0 Å². The Labute approximate surface area is 112 Å². The molecule has 0 aliphatic carbocycles. The van der Waals surface area contributed by atoms with Crippen molar-refractivity contribution in [1.82, 2.24) is 9.97 Å². The van der Waals surface area contributed by atoms with Crippen LogP contribution >= 0.6 is 27.5 Å². The van der Waals surface area contributed by atoms with Gasteiger partial charge in [-0.1, -0.05) is 33.6 Å². The quantitative estimate of drug-likeness (QED) is 0.866. The van der Waals surface area contributed by atoms with Crippen LogP contribution in [0.25, 0.3) is 0 Å². The van der Waals surface area contributed by atoms with Crippen molar-refractivity contribution in [2.45, 2.75) is 0 Å². The third-order valence-electron chi connectivity index (χ3n) is 1.88. The zero-order chi connectivity index (χ0) is 12.3. The number of nitrogens with zero attached hydrogens (tertiary/aromatic N) is 2. The van der Waals surface area contributed by atoms with E-state index in [1.54, 1.807) is 6.07 Å². The molecule has 2 aromatic rings. The van der Waals surface area contributed by atoms with E-state index in [1.165, 1.54) is 13.3 Å². The molecule has 0 aliphatic rings. The van der Waals surface area contributed by atoms with Crippen LogP contribution in [0.4, 0.5) is 0 Å². The van der Waals surface area contributed by atoms with Crippen LogP contribution in [0.5, 0.6) is 17.6 Å². The van der Waals surface area contributed by atoms with Gasteiger partial charge in [0.1, 0.15) is 10.8 Å². The number of methoxy groups -OCH3 is 1. The number of ether oxygens (including phenoxy) is 2. The number of benzene rings is 1. The van der Waals surface area contributed by atoms with Gasteiger partial charge in [0.25, 0.3) is 0 Å². The van der Waals surface area contributed by atoms with Crippen LogP contribution in [0.15, 0.2) is 34.9 Å². The summed E-state index contributed by atoms with van der Waals surface area (Å²) in [5.41, 5.74) is 0. The van der Waals surface area contributed by atoms with Crippen LogP contribution in [0.1, 0.15) is 0 Å². The van der Waals surface area contributed by atoms with Crippen LogP contribution in [0, 0.1) is 0 Å². The maximum absolute atomic E-state index is 5.93. The SMILES string of the molecule is COc1ncc(Cl)c(Oc2cccc(Br)c2)n1. The van der Waals surface area contributed by atoms with Gasteiger partial charge in [0.05, 0.1) is 13.3 Å². The fourth-order valence-corrected chi connectivity index (χ4v) is 1.66. The lowest BCUT2D eigenvalue weighted by atomic mass is 10.3. The molecule has 0 atom stereocenters. The number of rotatable bonds is 3. The molecule has 0 unspecified atom stereocenters. The van der Waals surface area contributed by atoms with E-state index in [0.717, 1.165) is 4.47 Å². The van der Waals surface area contributed by atoms with Crippen molar-refractivity contribution < 1.29 is 9.47 Å². The number of hydrogen-bond donors (Lipinski definition) is 0. The third-order valence-corrected chi connectivity index (χ3v) is 2.64. The molecule has 2 rings (SSSR count). The Morgan fingerprint density at radius 2 is 2.18 bits per heavy atom. The van der Waals surface area contributed by atoms with E-state index in [1.807, 2.05) is 18.2 Å². The molecule has 0 saturated heterocycles. The molecule has 0 saturated carbocycles. The molecule has 0 aliphatic heterocycles. The van der Waals surface area contributed by atoms with E-state index < -0.39 is 0 Å². The summed E-state index contributed by atoms with van der Waals surface area (Å²) in [6.07, 6.45) is 1.43. The molecule has 0 N–H and O–H groups in total. The largest absolute Gasteiger partial charge is 0.467 e. The first-order valence-corrected chi connectivity index (χ1v) is 5.86. The fraction of sp³-hybridized carbons (Fsp3) is 0.0909. The van der Waals surface area contributed by atoms with Crippen molar-refractivity contribution in [2.24, 2.45) is 0 Å². The molecule has 0 fully saturated rings. The predicted molar refractivity (Wildman–Crippen MR) is 67.8 cm³/mol. The second kappa shape index (κ2) is 5.33. The zero-order valence-corrected chi connectivity index (χ0v) is 11.2. The Kier molecular flexibility index (Phi) is 3.81. The number of hydrogen-bond acceptors (Lipinski definition) is 4. The van der Waals surface area contributed by atoms with Gasteiger partial charge in [-0.25, -0.2) is 4.98 Å². The highest BCUT2D eigenvalue weighted by Gasteiger charge is 2.08. The van der Waals surface area contributed by atoms with Gasteiger partial charge in [0.15, 0.2) is 0 Å². The topological polar surface area (TPSA) is 44.2 Å². The lowest BCUT2D eigenvalue weighted by Gasteiger charge is -2.07. The smallest absolute Gasteiger partial charge is 0.319 e. The predicted octanol–water partition coefficient (Wildman–Crippen LogP) is 3.69. The first-order chi connectivity index (χ1) is 8.19. The maximum Gasteiger partial charge on any atom is 0.319 e. The van der Waals surface area contributed by atoms with E-state index in [0.29, 0.717) is 10.8 Å². The molecule has 88 valence electrons. The lowest BCUT2D eigenvalue weighted by molar-refractivity contribution is 0.366. The minimum Gasteiger partial charge on any atom is -0.467 e. The summed E-state index contributed by atoms with van der Waals surface area (Å²) < 4.78 is 11.3. The van der Waals surface area contributed by atoms with Gasteiger partial charge in [-0.2, -0.15) is 4.98 Å². The summed E-state index contributed by atoms with van der Waals surface area (Å²) in [5.74, 6) is 0.888.